The molecule has 1 aliphatic rings. The van der Waals surface area contributed by atoms with Gasteiger partial charge in [0.15, 0.2) is 0 Å². The SMILES string of the molecule is Cc1[nH]c2ccc(F)cc2c1CCNC(=O)C1CCN(c2ccnc3ccc(F)cc23)CC1. The Labute approximate surface area is 190 Å². The number of carbonyl (C=O) groups is 1. The molecule has 2 aromatic heterocycles. The zero-order valence-corrected chi connectivity index (χ0v) is 18.5. The molecule has 170 valence electrons. The summed E-state index contributed by atoms with van der Waals surface area (Å²) in [5, 5.41) is 4.73. The van der Waals surface area contributed by atoms with Gasteiger partial charge in [-0.3, -0.25) is 9.78 Å². The summed E-state index contributed by atoms with van der Waals surface area (Å²) in [4.78, 5) is 22.6. The molecule has 1 fully saturated rings. The maximum atomic E-state index is 13.8. The van der Waals surface area contributed by atoms with E-state index in [9.17, 15) is 13.6 Å². The van der Waals surface area contributed by atoms with Crippen molar-refractivity contribution in [3.63, 3.8) is 0 Å². The quantitative estimate of drug-likeness (QED) is 0.458. The van der Waals surface area contributed by atoms with Crippen molar-refractivity contribution in [2.75, 3.05) is 24.5 Å². The van der Waals surface area contributed by atoms with Gasteiger partial charge in [0.1, 0.15) is 11.6 Å². The number of aromatic amines is 1. The molecule has 1 amide bonds. The first-order chi connectivity index (χ1) is 16.0. The van der Waals surface area contributed by atoms with E-state index < -0.39 is 0 Å². The van der Waals surface area contributed by atoms with E-state index in [0.717, 1.165) is 64.7 Å². The lowest BCUT2D eigenvalue weighted by Gasteiger charge is -2.33. The molecule has 1 saturated heterocycles. The van der Waals surface area contributed by atoms with Crippen molar-refractivity contribution < 1.29 is 13.6 Å². The van der Waals surface area contributed by atoms with Crippen LogP contribution in [0.3, 0.4) is 0 Å². The van der Waals surface area contributed by atoms with E-state index in [2.05, 4.69) is 20.2 Å². The van der Waals surface area contributed by atoms with Gasteiger partial charge in [0, 0.05) is 59.4 Å². The zero-order valence-electron chi connectivity index (χ0n) is 18.5. The molecule has 0 bridgehead atoms. The molecule has 0 saturated carbocycles. The first-order valence-corrected chi connectivity index (χ1v) is 11.3. The summed E-state index contributed by atoms with van der Waals surface area (Å²) in [7, 11) is 0. The van der Waals surface area contributed by atoms with Crippen molar-refractivity contribution >= 4 is 33.4 Å². The Bertz CT molecular complexity index is 1320. The maximum absolute atomic E-state index is 13.8. The molecule has 5 nitrogen and oxygen atoms in total. The highest BCUT2D eigenvalue weighted by Crippen LogP contribution is 2.30. The Morgan fingerprint density at radius 2 is 1.82 bits per heavy atom. The van der Waals surface area contributed by atoms with Crippen LogP contribution in [0, 0.1) is 24.5 Å². The minimum absolute atomic E-state index is 0.0485. The molecular formula is C26H26F2N4O. The smallest absolute Gasteiger partial charge is 0.223 e. The number of pyridine rings is 1. The third-order valence-electron chi connectivity index (χ3n) is 6.64. The number of fused-ring (bicyclic) bond motifs is 2. The van der Waals surface area contributed by atoms with Gasteiger partial charge in [-0.1, -0.05) is 0 Å². The number of anilines is 1. The minimum Gasteiger partial charge on any atom is -0.371 e. The van der Waals surface area contributed by atoms with Crippen LogP contribution < -0.4 is 10.2 Å². The number of aryl methyl sites for hydroxylation is 1. The fraction of sp³-hybridized carbons (Fsp3) is 0.308. The van der Waals surface area contributed by atoms with Gasteiger partial charge in [0.2, 0.25) is 5.91 Å². The standard InChI is InChI=1S/C26H26F2N4O/c1-16-20(21-14-18(27)3-5-24(21)31-16)6-10-30-26(33)17-8-12-32(13-9-17)25-7-11-29-23-4-2-19(28)15-22(23)25/h2-5,7,11,14-15,17,31H,6,8-10,12-13H2,1H3,(H,30,33). The number of piperidine rings is 1. The number of halogens is 2. The molecule has 1 aliphatic heterocycles. The number of amides is 1. The Morgan fingerprint density at radius 3 is 2.61 bits per heavy atom. The van der Waals surface area contributed by atoms with Crippen LogP contribution in [0.2, 0.25) is 0 Å². The van der Waals surface area contributed by atoms with Crippen LogP contribution in [-0.2, 0) is 11.2 Å². The Hall–Kier alpha value is -3.48. The number of nitrogens with zero attached hydrogens (tertiary/aromatic N) is 2. The number of rotatable bonds is 5. The van der Waals surface area contributed by atoms with Crippen LogP contribution in [0.4, 0.5) is 14.5 Å². The second-order valence-corrected chi connectivity index (χ2v) is 8.71. The van der Waals surface area contributed by atoms with E-state index in [1.165, 1.54) is 18.2 Å². The molecule has 4 aromatic rings. The third-order valence-corrected chi connectivity index (χ3v) is 6.64. The zero-order chi connectivity index (χ0) is 22.9. The summed E-state index contributed by atoms with van der Waals surface area (Å²) in [6, 6.07) is 11.3. The largest absolute Gasteiger partial charge is 0.371 e. The van der Waals surface area contributed by atoms with E-state index in [-0.39, 0.29) is 23.5 Å². The van der Waals surface area contributed by atoms with Gasteiger partial charge in [-0.05, 0) is 74.2 Å². The topological polar surface area (TPSA) is 61.0 Å². The normalized spacial score (nSPS) is 14.8. The predicted octanol–water partition coefficient (Wildman–Crippen LogP) is 4.88. The number of hydrogen-bond donors (Lipinski definition) is 2. The van der Waals surface area contributed by atoms with Gasteiger partial charge in [-0.2, -0.15) is 0 Å². The summed E-state index contributed by atoms with van der Waals surface area (Å²) < 4.78 is 27.5. The van der Waals surface area contributed by atoms with Crippen LogP contribution in [0.25, 0.3) is 21.8 Å². The second-order valence-electron chi connectivity index (χ2n) is 8.71. The van der Waals surface area contributed by atoms with Gasteiger partial charge in [-0.25, -0.2) is 8.78 Å². The lowest BCUT2D eigenvalue weighted by Crippen LogP contribution is -2.41. The van der Waals surface area contributed by atoms with Gasteiger partial charge in [0.05, 0.1) is 5.52 Å². The number of hydrogen-bond acceptors (Lipinski definition) is 3. The van der Waals surface area contributed by atoms with E-state index in [4.69, 9.17) is 0 Å². The van der Waals surface area contributed by atoms with E-state index in [0.29, 0.717) is 13.0 Å². The summed E-state index contributed by atoms with van der Waals surface area (Å²) in [5.74, 6) is -0.529. The van der Waals surface area contributed by atoms with Crippen LogP contribution in [0.5, 0.6) is 0 Å². The third kappa shape index (κ3) is 4.27. The highest BCUT2D eigenvalue weighted by atomic mass is 19.1. The molecule has 2 N–H and O–H groups in total. The van der Waals surface area contributed by atoms with Crippen LogP contribution in [0.15, 0.2) is 48.7 Å². The summed E-state index contributed by atoms with van der Waals surface area (Å²) in [6.07, 6.45) is 3.87. The lowest BCUT2D eigenvalue weighted by molar-refractivity contribution is -0.125. The first kappa shape index (κ1) is 21.4. The van der Waals surface area contributed by atoms with Crippen molar-refractivity contribution in [2.45, 2.75) is 26.2 Å². The highest BCUT2D eigenvalue weighted by molar-refractivity contribution is 5.91. The second kappa shape index (κ2) is 8.81. The lowest BCUT2D eigenvalue weighted by atomic mass is 9.95. The monoisotopic (exact) mass is 448 g/mol. The molecule has 0 radical (unpaired) electrons. The van der Waals surface area contributed by atoms with Crippen molar-refractivity contribution in [3.05, 3.63) is 71.6 Å². The van der Waals surface area contributed by atoms with Gasteiger partial charge < -0.3 is 15.2 Å². The van der Waals surface area contributed by atoms with Gasteiger partial charge in [0.25, 0.3) is 0 Å². The molecule has 33 heavy (non-hydrogen) atoms. The molecule has 2 aromatic carbocycles. The van der Waals surface area contributed by atoms with Crippen LogP contribution >= 0.6 is 0 Å². The Morgan fingerprint density at radius 1 is 1.09 bits per heavy atom. The van der Waals surface area contributed by atoms with Crippen LogP contribution in [0.1, 0.15) is 24.1 Å². The average Bonchev–Trinajstić information content (AvgIpc) is 3.13. The minimum atomic E-state index is -0.279. The predicted molar refractivity (Wildman–Crippen MR) is 126 cm³/mol. The average molecular weight is 449 g/mol. The number of H-pyrrole nitrogens is 1. The van der Waals surface area contributed by atoms with E-state index in [1.807, 2.05) is 13.0 Å². The molecule has 3 heterocycles. The molecular weight excluding hydrogens is 422 g/mol. The molecule has 0 spiro atoms. The fourth-order valence-corrected chi connectivity index (χ4v) is 4.89. The molecule has 0 aliphatic carbocycles. The Kier molecular flexibility index (Phi) is 5.70. The molecule has 5 rings (SSSR count). The number of nitrogens with one attached hydrogen (secondary N) is 2. The maximum Gasteiger partial charge on any atom is 0.223 e. The number of benzene rings is 2. The highest BCUT2D eigenvalue weighted by Gasteiger charge is 2.26. The van der Waals surface area contributed by atoms with E-state index >= 15 is 0 Å². The molecule has 7 heteroatoms. The first-order valence-electron chi connectivity index (χ1n) is 11.3. The van der Waals surface area contributed by atoms with Crippen molar-refractivity contribution in [2.24, 2.45) is 5.92 Å². The van der Waals surface area contributed by atoms with Gasteiger partial charge in [-0.15, -0.1) is 0 Å². The number of aromatic nitrogens is 2. The molecule has 0 atom stereocenters. The summed E-state index contributed by atoms with van der Waals surface area (Å²) >= 11 is 0. The fourth-order valence-electron chi connectivity index (χ4n) is 4.89. The number of carbonyl (C=O) groups excluding carboxylic acids is 1. The summed E-state index contributed by atoms with van der Waals surface area (Å²) in [5.41, 5.74) is 4.67. The van der Waals surface area contributed by atoms with Crippen molar-refractivity contribution in [3.8, 4) is 0 Å². The summed E-state index contributed by atoms with van der Waals surface area (Å²) in [6.45, 7) is 3.94. The van der Waals surface area contributed by atoms with Crippen LogP contribution in [-0.4, -0.2) is 35.5 Å². The Balaban J connectivity index is 1.19. The molecule has 0 unspecified atom stereocenters. The van der Waals surface area contributed by atoms with E-state index in [1.54, 1.807) is 24.4 Å². The van der Waals surface area contributed by atoms with Gasteiger partial charge >= 0.3 is 0 Å². The van der Waals surface area contributed by atoms with Crippen molar-refractivity contribution in [1.29, 1.82) is 0 Å². The van der Waals surface area contributed by atoms with Crippen molar-refractivity contribution in [1.82, 2.24) is 15.3 Å².